The summed E-state index contributed by atoms with van der Waals surface area (Å²) in [4.78, 5) is 14.5. The zero-order valence-corrected chi connectivity index (χ0v) is 19.7. The Morgan fingerprint density at radius 3 is 2.64 bits per heavy atom. The molecule has 4 N–H and O–H groups in total. The quantitative estimate of drug-likeness (QED) is 0.486. The molecule has 2 heterocycles. The van der Waals surface area contributed by atoms with Crippen molar-refractivity contribution in [3.05, 3.63) is 35.7 Å². The van der Waals surface area contributed by atoms with Crippen molar-refractivity contribution in [1.82, 2.24) is 19.5 Å². The van der Waals surface area contributed by atoms with Gasteiger partial charge in [-0.15, -0.1) is 0 Å². The third kappa shape index (κ3) is 4.62. The van der Waals surface area contributed by atoms with E-state index in [0.717, 1.165) is 59.5 Å². The van der Waals surface area contributed by atoms with Crippen LogP contribution in [0.3, 0.4) is 0 Å². The van der Waals surface area contributed by atoms with Crippen molar-refractivity contribution in [2.24, 2.45) is 5.73 Å². The van der Waals surface area contributed by atoms with Gasteiger partial charge in [-0.2, -0.15) is 9.97 Å². The number of hydrogen-bond donors (Lipinski definition) is 3. The van der Waals surface area contributed by atoms with Crippen LogP contribution in [-0.4, -0.2) is 38.7 Å². The largest absolute Gasteiger partial charge is 0.496 e. The molecule has 176 valence electrons. The first kappa shape index (κ1) is 21.9. The first-order valence-electron chi connectivity index (χ1n) is 12.3. The van der Waals surface area contributed by atoms with E-state index in [4.69, 9.17) is 25.4 Å². The van der Waals surface area contributed by atoms with Crippen molar-refractivity contribution in [2.45, 2.75) is 83.0 Å². The van der Waals surface area contributed by atoms with Gasteiger partial charge in [0.25, 0.3) is 0 Å². The van der Waals surface area contributed by atoms with Gasteiger partial charge < -0.3 is 25.7 Å². The number of anilines is 2. The highest BCUT2D eigenvalue weighted by Crippen LogP contribution is 2.34. The van der Waals surface area contributed by atoms with Crippen LogP contribution in [0.15, 0.2) is 24.5 Å². The molecule has 5 rings (SSSR count). The van der Waals surface area contributed by atoms with Crippen molar-refractivity contribution < 1.29 is 4.74 Å². The van der Waals surface area contributed by atoms with E-state index in [-0.39, 0.29) is 0 Å². The average molecular weight is 450 g/mol. The number of methoxy groups -OCH3 is 1. The fourth-order valence-corrected chi connectivity index (χ4v) is 5.32. The van der Waals surface area contributed by atoms with Crippen LogP contribution in [0.1, 0.15) is 68.5 Å². The van der Waals surface area contributed by atoms with Crippen molar-refractivity contribution in [3.8, 4) is 5.75 Å². The molecule has 1 aromatic carbocycles. The summed E-state index contributed by atoms with van der Waals surface area (Å²) in [6, 6.07) is 7.34. The number of nitrogens with zero attached hydrogens (tertiary/aromatic N) is 4. The van der Waals surface area contributed by atoms with E-state index in [9.17, 15) is 0 Å². The van der Waals surface area contributed by atoms with Gasteiger partial charge in [0.15, 0.2) is 17.0 Å². The number of nitrogens with two attached hydrogens (primary N) is 1. The van der Waals surface area contributed by atoms with Gasteiger partial charge in [0.2, 0.25) is 5.95 Å². The molecular weight excluding hydrogens is 414 g/mol. The molecule has 2 fully saturated rings. The number of imidazole rings is 1. The number of aromatic nitrogens is 4. The average Bonchev–Trinajstić information content (AvgIpc) is 3.49. The zero-order chi connectivity index (χ0) is 22.8. The van der Waals surface area contributed by atoms with Crippen LogP contribution in [0, 0.1) is 6.92 Å². The second kappa shape index (κ2) is 9.55. The number of rotatable bonds is 7. The molecule has 0 spiro atoms. The van der Waals surface area contributed by atoms with E-state index in [1.165, 1.54) is 25.7 Å². The van der Waals surface area contributed by atoms with E-state index in [2.05, 4.69) is 40.3 Å². The van der Waals surface area contributed by atoms with Gasteiger partial charge in [-0.25, -0.2) is 4.98 Å². The molecule has 0 bridgehead atoms. The molecular formula is C25H35N7O. The smallest absolute Gasteiger partial charge is 0.227 e. The molecule has 2 aliphatic carbocycles. The van der Waals surface area contributed by atoms with Crippen molar-refractivity contribution in [2.75, 3.05) is 17.7 Å². The minimum absolute atomic E-state index is 0.316. The number of fused-ring (bicyclic) bond motifs is 1. The van der Waals surface area contributed by atoms with E-state index in [0.29, 0.717) is 30.6 Å². The van der Waals surface area contributed by atoms with Crippen LogP contribution < -0.4 is 21.1 Å². The van der Waals surface area contributed by atoms with E-state index >= 15 is 0 Å². The summed E-state index contributed by atoms with van der Waals surface area (Å²) in [6.45, 7) is 2.66. The van der Waals surface area contributed by atoms with Crippen LogP contribution in [-0.2, 0) is 6.54 Å². The van der Waals surface area contributed by atoms with E-state index in [1.54, 1.807) is 7.11 Å². The van der Waals surface area contributed by atoms with E-state index in [1.807, 2.05) is 6.33 Å². The zero-order valence-electron chi connectivity index (χ0n) is 19.7. The second-order valence-electron chi connectivity index (χ2n) is 9.54. The summed E-state index contributed by atoms with van der Waals surface area (Å²) in [5.74, 6) is 2.33. The number of nitrogens with one attached hydrogen (secondary N) is 2. The van der Waals surface area contributed by atoms with Crippen LogP contribution in [0.2, 0.25) is 0 Å². The van der Waals surface area contributed by atoms with Gasteiger partial charge in [0.1, 0.15) is 5.75 Å². The molecule has 8 nitrogen and oxygen atoms in total. The fourth-order valence-electron chi connectivity index (χ4n) is 5.32. The highest BCUT2D eigenvalue weighted by atomic mass is 16.5. The maximum absolute atomic E-state index is 6.10. The maximum atomic E-state index is 6.10. The Kier molecular flexibility index (Phi) is 6.35. The van der Waals surface area contributed by atoms with Crippen LogP contribution in [0.5, 0.6) is 5.75 Å². The molecule has 3 aromatic rings. The van der Waals surface area contributed by atoms with Crippen molar-refractivity contribution in [3.63, 3.8) is 0 Å². The molecule has 2 aromatic heterocycles. The lowest BCUT2D eigenvalue weighted by atomic mass is 9.92. The summed E-state index contributed by atoms with van der Waals surface area (Å²) in [5.41, 5.74) is 10.0. The summed E-state index contributed by atoms with van der Waals surface area (Å²) in [7, 11) is 1.72. The molecule has 0 aliphatic heterocycles. The number of benzene rings is 1. The first-order valence-corrected chi connectivity index (χ1v) is 12.3. The Morgan fingerprint density at radius 1 is 1.09 bits per heavy atom. The number of aryl methyl sites for hydroxylation is 1. The van der Waals surface area contributed by atoms with Gasteiger partial charge in [-0.05, 0) is 51.0 Å². The normalized spacial score (nSPS) is 21.4. The third-order valence-electron chi connectivity index (χ3n) is 7.19. The Hall–Kier alpha value is -2.87. The first-order chi connectivity index (χ1) is 16.1. The predicted molar refractivity (Wildman–Crippen MR) is 132 cm³/mol. The molecule has 0 unspecified atom stereocenters. The van der Waals surface area contributed by atoms with E-state index < -0.39 is 0 Å². The lowest BCUT2D eigenvalue weighted by Crippen LogP contribution is -2.33. The minimum atomic E-state index is 0.316. The molecule has 33 heavy (non-hydrogen) atoms. The highest BCUT2D eigenvalue weighted by molar-refractivity contribution is 5.84. The second-order valence-corrected chi connectivity index (χ2v) is 9.54. The molecule has 2 aliphatic rings. The Bertz CT molecular complexity index is 1100. The third-order valence-corrected chi connectivity index (χ3v) is 7.19. The Balaban J connectivity index is 1.46. The SMILES string of the molecule is COc1c(C)cccc1CNc1nc(NC2CCC(N)CC2)nc2c1ncn2C1CCCC1. The van der Waals surface area contributed by atoms with Gasteiger partial charge in [-0.1, -0.05) is 31.0 Å². The number of ether oxygens (including phenoxy) is 1. The summed E-state index contributed by atoms with van der Waals surface area (Å²) < 4.78 is 7.90. The molecule has 8 heteroatoms. The highest BCUT2D eigenvalue weighted by Gasteiger charge is 2.24. The molecule has 0 amide bonds. The molecule has 0 saturated heterocycles. The van der Waals surface area contributed by atoms with Crippen LogP contribution in [0.4, 0.5) is 11.8 Å². The Morgan fingerprint density at radius 2 is 1.88 bits per heavy atom. The van der Waals surface area contributed by atoms with Crippen molar-refractivity contribution >= 4 is 22.9 Å². The van der Waals surface area contributed by atoms with Gasteiger partial charge in [0.05, 0.1) is 13.4 Å². The van der Waals surface area contributed by atoms with Gasteiger partial charge in [-0.3, -0.25) is 0 Å². The monoisotopic (exact) mass is 449 g/mol. The van der Waals surface area contributed by atoms with Crippen LogP contribution in [0.25, 0.3) is 11.2 Å². The summed E-state index contributed by atoms with van der Waals surface area (Å²) in [5, 5.41) is 7.12. The summed E-state index contributed by atoms with van der Waals surface area (Å²) in [6.07, 6.45) is 11.0. The van der Waals surface area contributed by atoms with Gasteiger partial charge in [0, 0.05) is 30.2 Å². The lowest BCUT2D eigenvalue weighted by Gasteiger charge is -2.27. The van der Waals surface area contributed by atoms with Crippen LogP contribution >= 0.6 is 0 Å². The summed E-state index contributed by atoms with van der Waals surface area (Å²) >= 11 is 0. The molecule has 0 radical (unpaired) electrons. The fraction of sp³-hybridized carbons (Fsp3) is 0.560. The minimum Gasteiger partial charge on any atom is -0.496 e. The topological polar surface area (TPSA) is 103 Å². The molecule has 2 saturated carbocycles. The van der Waals surface area contributed by atoms with Gasteiger partial charge >= 0.3 is 0 Å². The Labute approximate surface area is 195 Å². The number of para-hydroxylation sites is 1. The lowest BCUT2D eigenvalue weighted by molar-refractivity contribution is 0.407. The maximum Gasteiger partial charge on any atom is 0.227 e. The molecule has 0 atom stereocenters. The van der Waals surface area contributed by atoms with Crippen molar-refractivity contribution in [1.29, 1.82) is 0 Å². The predicted octanol–water partition coefficient (Wildman–Crippen LogP) is 4.55. The standard InChI is InChI=1S/C25H35N7O/c1-16-6-5-7-17(22(16)33-2)14-27-23-21-24(32(15-28-21)20-8-3-4-9-20)31-25(30-23)29-19-12-10-18(26)11-13-19/h5-7,15,18-20H,3-4,8-14,26H2,1-2H3,(H2,27,29,30,31). The number of hydrogen-bond acceptors (Lipinski definition) is 7.